The van der Waals surface area contributed by atoms with Crippen molar-refractivity contribution in [1.29, 1.82) is 0 Å². The number of carbonyl (C=O) groups is 4. The molecule has 0 aliphatic heterocycles. The summed E-state index contributed by atoms with van der Waals surface area (Å²) in [5.41, 5.74) is 3.49. The zero-order chi connectivity index (χ0) is 26.7. The van der Waals surface area contributed by atoms with E-state index in [9.17, 15) is 19.2 Å². The van der Waals surface area contributed by atoms with Crippen LogP contribution in [-0.4, -0.2) is 23.6 Å². The molecule has 0 aromatic heterocycles. The van der Waals surface area contributed by atoms with Crippen LogP contribution in [0.3, 0.4) is 0 Å². The van der Waals surface area contributed by atoms with Crippen molar-refractivity contribution in [1.82, 2.24) is 10.6 Å². The van der Waals surface area contributed by atoms with Gasteiger partial charge in [-0.1, -0.05) is 72.8 Å². The Morgan fingerprint density at radius 1 is 0.421 bits per heavy atom. The molecule has 4 rings (SSSR count). The summed E-state index contributed by atoms with van der Waals surface area (Å²) in [5, 5.41) is 4.93. The fourth-order valence-electron chi connectivity index (χ4n) is 4.21. The van der Waals surface area contributed by atoms with Crippen LogP contribution < -0.4 is 10.6 Å². The second-order valence-corrected chi connectivity index (χ2v) is 8.82. The quantitative estimate of drug-likeness (QED) is 0.236. The Balaban J connectivity index is 1.34. The number of carbonyl (C=O) groups excluding carboxylic acids is 4. The number of amides is 4. The topological polar surface area (TPSA) is 92.3 Å². The smallest absolute Gasteiger partial charge is 0.258 e. The minimum Gasteiger partial charge on any atom is -0.288 e. The summed E-state index contributed by atoms with van der Waals surface area (Å²) in [6.45, 7) is 0. The van der Waals surface area contributed by atoms with E-state index in [2.05, 4.69) is 10.6 Å². The highest BCUT2D eigenvalue weighted by atomic mass is 16.2. The Hall–Kier alpha value is -4.84. The van der Waals surface area contributed by atoms with Crippen molar-refractivity contribution in [2.75, 3.05) is 0 Å². The minimum absolute atomic E-state index is 0.423. The van der Waals surface area contributed by atoms with Gasteiger partial charge >= 0.3 is 0 Å². The van der Waals surface area contributed by atoms with Crippen molar-refractivity contribution < 1.29 is 19.2 Å². The first-order chi connectivity index (χ1) is 18.5. The van der Waals surface area contributed by atoms with Gasteiger partial charge in [-0.3, -0.25) is 29.8 Å². The largest absolute Gasteiger partial charge is 0.288 e. The molecule has 0 bridgehead atoms. The van der Waals surface area contributed by atoms with E-state index in [4.69, 9.17) is 0 Å². The molecule has 0 fully saturated rings. The van der Waals surface area contributed by atoms with E-state index in [0.717, 1.165) is 24.0 Å². The second-order valence-electron chi connectivity index (χ2n) is 8.82. The van der Waals surface area contributed by atoms with Crippen molar-refractivity contribution in [3.63, 3.8) is 0 Å². The maximum Gasteiger partial charge on any atom is 0.258 e. The van der Waals surface area contributed by atoms with Crippen molar-refractivity contribution in [3.05, 3.63) is 143 Å². The highest BCUT2D eigenvalue weighted by Gasteiger charge is 2.17. The molecule has 38 heavy (non-hydrogen) atoms. The summed E-state index contributed by atoms with van der Waals surface area (Å²) < 4.78 is 0. The molecule has 0 saturated carbocycles. The number of hydrogen-bond acceptors (Lipinski definition) is 4. The van der Waals surface area contributed by atoms with Crippen LogP contribution in [0.1, 0.15) is 65.4 Å². The SMILES string of the molecule is O=C(NC(=O)c1ccccc1CCCCc1ccccc1C(=O)NC(=O)c1ccccc1)c1ccccc1. The zero-order valence-electron chi connectivity index (χ0n) is 20.9. The third-order valence-electron chi connectivity index (χ3n) is 6.19. The van der Waals surface area contributed by atoms with Crippen LogP contribution in [-0.2, 0) is 12.8 Å². The maximum atomic E-state index is 12.8. The van der Waals surface area contributed by atoms with E-state index in [0.29, 0.717) is 35.1 Å². The minimum atomic E-state index is -0.439. The Morgan fingerprint density at radius 3 is 1.16 bits per heavy atom. The molecule has 0 radical (unpaired) electrons. The lowest BCUT2D eigenvalue weighted by molar-refractivity contribution is 0.0832. The summed E-state index contributed by atoms with van der Waals surface area (Å²) in [6, 6.07) is 31.7. The molecule has 6 heteroatoms. The number of nitrogens with one attached hydrogen (secondary N) is 2. The molecule has 0 heterocycles. The fraction of sp³-hybridized carbons (Fsp3) is 0.125. The lowest BCUT2D eigenvalue weighted by Gasteiger charge is -2.11. The number of unbranched alkanes of at least 4 members (excludes halogenated alkanes) is 1. The Morgan fingerprint density at radius 2 is 0.763 bits per heavy atom. The zero-order valence-corrected chi connectivity index (χ0v) is 20.9. The van der Waals surface area contributed by atoms with Gasteiger partial charge in [0.2, 0.25) is 0 Å². The molecular formula is C32H28N2O4. The van der Waals surface area contributed by atoms with Crippen LogP contribution in [0.15, 0.2) is 109 Å². The fourth-order valence-corrected chi connectivity index (χ4v) is 4.21. The third-order valence-corrected chi connectivity index (χ3v) is 6.19. The van der Waals surface area contributed by atoms with Gasteiger partial charge < -0.3 is 0 Å². The number of hydrogen-bond donors (Lipinski definition) is 2. The Bertz CT molecular complexity index is 1320. The van der Waals surface area contributed by atoms with E-state index >= 15 is 0 Å². The molecule has 190 valence electrons. The van der Waals surface area contributed by atoms with Gasteiger partial charge in [0.25, 0.3) is 23.6 Å². The third kappa shape index (κ3) is 6.89. The molecule has 0 aliphatic carbocycles. The molecule has 0 aliphatic rings. The van der Waals surface area contributed by atoms with Gasteiger partial charge in [-0.05, 0) is 73.2 Å². The van der Waals surface area contributed by atoms with Gasteiger partial charge in [-0.25, -0.2) is 0 Å². The average Bonchev–Trinajstić information content (AvgIpc) is 2.96. The van der Waals surface area contributed by atoms with Crippen LogP contribution in [0.2, 0.25) is 0 Å². The summed E-state index contributed by atoms with van der Waals surface area (Å²) in [7, 11) is 0. The summed E-state index contributed by atoms with van der Waals surface area (Å²) in [6.07, 6.45) is 2.83. The van der Waals surface area contributed by atoms with Gasteiger partial charge in [-0.2, -0.15) is 0 Å². The van der Waals surface area contributed by atoms with E-state index in [1.807, 2.05) is 36.4 Å². The number of benzene rings is 4. The van der Waals surface area contributed by atoms with Gasteiger partial charge in [0.05, 0.1) is 0 Å². The highest BCUT2D eigenvalue weighted by Crippen LogP contribution is 2.17. The van der Waals surface area contributed by atoms with E-state index in [1.54, 1.807) is 72.8 Å². The monoisotopic (exact) mass is 504 g/mol. The van der Waals surface area contributed by atoms with Gasteiger partial charge in [0.1, 0.15) is 0 Å². The summed E-state index contributed by atoms with van der Waals surface area (Å²) >= 11 is 0. The van der Waals surface area contributed by atoms with Crippen LogP contribution in [0.4, 0.5) is 0 Å². The Labute approximate surface area is 221 Å². The predicted octanol–water partition coefficient (Wildman–Crippen LogP) is 5.39. The molecule has 4 amide bonds. The average molecular weight is 505 g/mol. The summed E-state index contributed by atoms with van der Waals surface area (Å²) in [5.74, 6) is -1.74. The molecule has 6 nitrogen and oxygen atoms in total. The molecule has 0 atom stereocenters. The van der Waals surface area contributed by atoms with Crippen LogP contribution in [0.25, 0.3) is 0 Å². The lowest BCUT2D eigenvalue weighted by atomic mass is 9.97. The molecule has 0 saturated heterocycles. The first kappa shape index (κ1) is 26.2. The van der Waals surface area contributed by atoms with E-state index in [1.165, 1.54) is 0 Å². The van der Waals surface area contributed by atoms with Crippen LogP contribution in [0, 0.1) is 0 Å². The van der Waals surface area contributed by atoms with Crippen molar-refractivity contribution in [2.45, 2.75) is 25.7 Å². The summed E-state index contributed by atoms with van der Waals surface area (Å²) in [4.78, 5) is 50.4. The van der Waals surface area contributed by atoms with Crippen LogP contribution in [0.5, 0.6) is 0 Å². The normalized spacial score (nSPS) is 10.4. The Kier molecular flexibility index (Phi) is 8.92. The van der Waals surface area contributed by atoms with Crippen molar-refractivity contribution in [3.8, 4) is 0 Å². The molecule has 0 unspecified atom stereocenters. The predicted molar refractivity (Wildman–Crippen MR) is 146 cm³/mol. The van der Waals surface area contributed by atoms with Gasteiger partial charge in [-0.15, -0.1) is 0 Å². The van der Waals surface area contributed by atoms with Gasteiger partial charge in [0.15, 0.2) is 0 Å². The van der Waals surface area contributed by atoms with E-state index < -0.39 is 23.6 Å². The van der Waals surface area contributed by atoms with Crippen molar-refractivity contribution >= 4 is 23.6 Å². The second kappa shape index (κ2) is 12.9. The number of aryl methyl sites for hydroxylation is 2. The standard InChI is InChI=1S/C32H28N2O4/c35-29(25-17-3-1-4-18-25)33-31(37)27-21-11-9-15-23(27)13-7-8-14-24-16-10-12-22-28(24)32(38)34-30(36)26-19-5-2-6-20-26/h1-6,9-12,15-22H,7-8,13-14H2,(H,33,35,37)(H,34,36,38). The maximum absolute atomic E-state index is 12.8. The van der Waals surface area contributed by atoms with Crippen LogP contribution >= 0.6 is 0 Å². The molecular weight excluding hydrogens is 476 g/mol. The van der Waals surface area contributed by atoms with Gasteiger partial charge in [0, 0.05) is 22.3 Å². The first-order valence-corrected chi connectivity index (χ1v) is 12.5. The molecule has 4 aromatic carbocycles. The number of imide groups is 2. The molecule has 0 spiro atoms. The lowest BCUT2D eigenvalue weighted by Crippen LogP contribution is -2.31. The molecule has 2 N–H and O–H groups in total. The first-order valence-electron chi connectivity index (χ1n) is 12.5. The highest BCUT2D eigenvalue weighted by molar-refractivity contribution is 6.11. The number of rotatable bonds is 9. The van der Waals surface area contributed by atoms with Crippen molar-refractivity contribution in [2.24, 2.45) is 0 Å². The molecule has 4 aromatic rings. The van der Waals surface area contributed by atoms with E-state index in [-0.39, 0.29) is 0 Å².